The summed E-state index contributed by atoms with van der Waals surface area (Å²) in [6.07, 6.45) is 0.659. The minimum atomic E-state index is -3.69. The summed E-state index contributed by atoms with van der Waals surface area (Å²) in [5.41, 5.74) is 0.886. The molecule has 0 bridgehead atoms. The predicted octanol–water partition coefficient (Wildman–Crippen LogP) is 3.60. The second kappa shape index (κ2) is 11.1. The van der Waals surface area contributed by atoms with E-state index in [4.69, 9.17) is 0 Å². The SMILES string of the molecule is CCCN(C(=O)c1cccc(S(=O)(=O)N(CC)CC)c1)C(C)C(=O)Nc1ccccc1. The fourth-order valence-electron chi connectivity index (χ4n) is 3.29. The highest BCUT2D eigenvalue weighted by Gasteiger charge is 2.28. The molecule has 2 rings (SSSR count). The molecular weight excluding hydrogens is 414 g/mol. The maximum atomic E-state index is 13.3. The van der Waals surface area contributed by atoms with Gasteiger partial charge in [-0.25, -0.2) is 8.42 Å². The molecule has 0 saturated heterocycles. The Morgan fingerprint density at radius 1 is 0.968 bits per heavy atom. The monoisotopic (exact) mass is 445 g/mol. The molecule has 1 N–H and O–H groups in total. The second-order valence-corrected chi connectivity index (χ2v) is 9.08. The van der Waals surface area contributed by atoms with Crippen molar-refractivity contribution >= 4 is 27.5 Å². The van der Waals surface area contributed by atoms with Crippen molar-refractivity contribution in [1.82, 2.24) is 9.21 Å². The molecule has 0 heterocycles. The number of benzene rings is 2. The van der Waals surface area contributed by atoms with Crippen molar-refractivity contribution in [2.45, 2.75) is 45.1 Å². The molecule has 8 heteroatoms. The van der Waals surface area contributed by atoms with Gasteiger partial charge in [-0.05, 0) is 43.7 Å². The largest absolute Gasteiger partial charge is 0.327 e. The number of carbonyl (C=O) groups excluding carboxylic acids is 2. The summed E-state index contributed by atoms with van der Waals surface area (Å²) in [7, 11) is -3.69. The lowest BCUT2D eigenvalue weighted by Gasteiger charge is -2.28. The van der Waals surface area contributed by atoms with Crippen molar-refractivity contribution < 1.29 is 18.0 Å². The molecule has 2 aromatic carbocycles. The minimum Gasteiger partial charge on any atom is -0.327 e. The fraction of sp³-hybridized carbons (Fsp3) is 0.391. The maximum Gasteiger partial charge on any atom is 0.254 e. The van der Waals surface area contributed by atoms with E-state index in [9.17, 15) is 18.0 Å². The molecular formula is C23H31N3O4S. The van der Waals surface area contributed by atoms with E-state index < -0.39 is 16.1 Å². The molecule has 0 aromatic heterocycles. The highest BCUT2D eigenvalue weighted by atomic mass is 32.2. The van der Waals surface area contributed by atoms with Gasteiger partial charge in [0.2, 0.25) is 15.9 Å². The molecule has 0 aliphatic rings. The average Bonchev–Trinajstić information content (AvgIpc) is 2.78. The Labute approximate surface area is 185 Å². The van der Waals surface area contributed by atoms with Gasteiger partial charge in [0.1, 0.15) is 6.04 Å². The number of hydrogen-bond acceptors (Lipinski definition) is 4. The lowest BCUT2D eigenvalue weighted by molar-refractivity contribution is -0.120. The van der Waals surface area contributed by atoms with E-state index >= 15 is 0 Å². The number of para-hydroxylation sites is 1. The second-order valence-electron chi connectivity index (χ2n) is 7.15. The van der Waals surface area contributed by atoms with E-state index in [0.29, 0.717) is 31.7 Å². The molecule has 0 aliphatic heterocycles. The summed E-state index contributed by atoms with van der Waals surface area (Å²) in [6.45, 7) is 8.18. The Hall–Kier alpha value is -2.71. The Balaban J connectivity index is 2.30. The molecule has 1 unspecified atom stereocenters. The number of sulfonamides is 1. The number of carbonyl (C=O) groups is 2. The van der Waals surface area contributed by atoms with Crippen molar-refractivity contribution in [3.63, 3.8) is 0 Å². The first-order valence-corrected chi connectivity index (χ1v) is 12.0. The van der Waals surface area contributed by atoms with Crippen LogP contribution in [0.2, 0.25) is 0 Å². The molecule has 0 radical (unpaired) electrons. The smallest absolute Gasteiger partial charge is 0.254 e. The zero-order chi connectivity index (χ0) is 23.0. The van der Waals surface area contributed by atoms with Gasteiger partial charge in [-0.2, -0.15) is 4.31 Å². The van der Waals surface area contributed by atoms with Gasteiger partial charge in [-0.3, -0.25) is 9.59 Å². The van der Waals surface area contributed by atoms with E-state index in [2.05, 4.69) is 5.32 Å². The van der Waals surface area contributed by atoms with Crippen LogP contribution in [0.3, 0.4) is 0 Å². The number of anilines is 1. The Kier molecular flexibility index (Phi) is 8.76. The summed E-state index contributed by atoms with van der Waals surface area (Å²) in [5, 5.41) is 2.82. The van der Waals surface area contributed by atoms with Crippen LogP contribution < -0.4 is 5.32 Å². The van der Waals surface area contributed by atoms with Crippen molar-refractivity contribution in [3.05, 3.63) is 60.2 Å². The lowest BCUT2D eigenvalue weighted by Crippen LogP contribution is -2.46. The van der Waals surface area contributed by atoms with E-state index in [1.165, 1.54) is 21.3 Å². The molecule has 2 amide bonds. The van der Waals surface area contributed by atoms with Crippen LogP contribution >= 0.6 is 0 Å². The van der Waals surface area contributed by atoms with Crippen molar-refractivity contribution in [1.29, 1.82) is 0 Å². The third-order valence-electron chi connectivity index (χ3n) is 5.04. The molecule has 31 heavy (non-hydrogen) atoms. The van der Waals surface area contributed by atoms with Crippen molar-refractivity contribution in [2.24, 2.45) is 0 Å². The standard InChI is InChI=1S/C23H31N3O4S/c1-5-16-26(18(4)22(27)24-20-13-9-8-10-14-20)23(28)19-12-11-15-21(17-19)31(29,30)25(6-2)7-3/h8-15,17-18H,5-7,16H2,1-4H3,(H,24,27). The van der Waals surface area contributed by atoms with Gasteiger partial charge in [-0.15, -0.1) is 0 Å². The summed E-state index contributed by atoms with van der Waals surface area (Å²) in [4.78, 5) is 27.6. The van der Waals surface area contributed by atoms with E-state index in [-0.39, 0.29) is 22.3 Å². The van der Waals surface area contributed by atoms with Gasteiger partial charge < -0.3 is 10.2 Å². The first-order chi connectivity index (χ1) is 14.8. The van der Waals surface area contributed by atoms with E-state index in [1.807, 2.05) is 25.1 Å². The highest BCUT2D eigenvalue weighted by molar-refractivity contribution is 7.89. The number of nitrogens with zero attached hydrogens (tertiary/aromatic N) is 2. The Morgan fingerprint density at radius 3 is 2.19 bits per heavy atom. The summed E-state index contributed by atoms with van der Waals surface area (Å²) in [6, 6.07) is 14.3. The van der Waals surface area contributed by atoms with Crippen LogP contribution in [0.15, 0.2) is 59.5 Å². The molecule has 0 fully saturated rings. The average molecular weight is 446 g/mol. The topological polar surface area (TPSA) is 86.8 Å². The third-order valence-corrected chi connectivity index (χ3v) is 7.08. The Morgan fingerprint density at radius 2 is 1.61 bits per heavy atom. The molecule has 168 valence electrons. The van der Waals surface area contributed by atoms with Crippen molar-refractivity contribution in [2.75, 3.05) is 25.0 Å². The number of nitrogens with one attached hydrogen (secondary N) is 1. The van der Waals surface area contributed by atoms with Gasteiger partial charge in [0.25, 0.3) is 5.91 Å². The number of rotatable bonds is 10. The van der Waals surface area contributed by atoms with Gasteiger partial charge in [0.15, 0.2) is 0 Å². The summed E-state index contributed by atoms with van der Waals surface area (Å²) in [5.74, 6) is -0.686. The zero-order valence-electron chi connectivity index (χ0n) is 18.5. The van der Waals surface area contributed by atoms with Gasteiger partial charge in [0, 0.05) is 30.9 Å². The number of amides is 2. The van der Waals surface area contributed by atoms with Gasteiger partial charge >= 0.3 is 0 Å². The highest BCUT2D eigenvalue weighted by Crippen LogP contribution is 2.19. The molecule has 7 nitrogen and oxygen atoms in total. The van der Waals surface area contributed by atoms with E-state index in [1.54, 1.807) is 45.0 Å². The molecule has 1 atom stereocenters. The summed E-state index contributed by atoms with van der Waals surface area (Å²) >= 11 is 0. The van der Waals surface area contributed by atoms with Gasteiger partial charge in [-0.1, -0.05) is 45.0 Å². The predicted molar refractivity (Wildman–Crippen MR) is 122 cm³/mol. The van der Waals surface area contributed by atoms with Crippen LogP contribution in [0.5, 0.6) is 0 Å². The lowest BCUT2D eigenvalue weighted by atomic mass is 10.1. The fourth-order valence-corrected chi connectivity index (χ4v) is 4.79. The van der Waals surface area contributed by atoms with Crippen LogP contribution in [-0.4, -0.2) is 55.1 Å². The minimum absolute atomic E-state index is 0.0693. The zero-order valence-corrected chi connectivity index (χ0v) is 19.4. The van der Waals surface area contributed by atoms with E-state index in [0.717, 1.165) is 0 Å². The van der Waals surface area contributed by atoms with Gasteiger partial charge in [0.05, 0.1) is 4.90 Å². The normalized spacial score (nSPS) is 12.4. The van der Waals surface area contributed by atoms with Crippen LogP contribution in [0, 0.1) is 0 Å². The van der Waals surface area contributed by atoms with Crippen LogP contribution in [0.1, 0.15) is 44.5 Å². The van der Waals surface area contributed by atoms with Crippen LogP contribution in [0.4, 0.5) is 5.69 Å². The Bertz CT molecular complexity index is 989. The van der Waals surface area contributed by atoms with Crippen LogP contribution in [0.25, 0.3) is 0 Å². The first-order valence-electron chi connectivity index (χ1n) is 10.5. The first kappa shape index (κ1) is 24.6. The molecule has 2 aromatic rings. The number of hydrogen-bond donors (Lipinski definition) is 1. The molecule has 0 aliphatic carbocycles. The quantitative estimate of drug-likeness (QED) is 0.605. The summed E-state index contributed by atoms with van der Waals surface area (Å²) < 4.78 is 27.0. The molecule has 0 spiro atoms. The van der Waals surface area contributed by atoms with Crippen LogP contribution in [-0.2, 0) is 14.8 Å². The molecule has 0 saturated carbocycles. The van der Waals surface area contributed by atoms with Crippen molar-refractivity contribution in [3.8, 4) is 0 Å². The third kappa shape index (κ3) is 5.92. The maximum absolute atomic E-state index is 13.3.